The molecule has 2 atom stereocenters. The Morgan fingerprint density at radius 1 is 1.50 bits per heavy atom. The van der Waals surface area contributed by atoms with Gasteiger partial charge >= 0.3 is 0 Å². The number of nitrogens with zero attached hydrogens (tertiary/aromatic N) is 2. The Bertz CT molecular complexity index is 524. The maximum absolute atomic E-state index is 11.3. The van der Waals surface area contributed by atoms with Gasteiger partial charge in [0.2, 0.25) is 5.91 Å². The van der Waals surface area contributed by atoms with Crippen molar-refractivity contribution in [2.24, 2.45) is 17.6 Å². The Morgan fingerprint density at radius 2 is 2.25 bits per heavy atom. The molecule has 1 aliphatic heterocycles. The predicted octanol–water partition coefficient (Wildman–Crippen LogP) is 0.990. The van der Waals surface area contributed by atoms with E-state index in [0.29, 0.717) is 30.4 Å². The van der Waals surface area contributed by atoms with Gasteiger partial charge in [0.25, 0.3) is 0 Å². The lowest BCUT2D eigenvalue weighted by Crippen LogP contribution is -2.30. The van der Waals surface area contributed by atoms with Crippen molar-refractivity contribution in [2.75, 3.05) is 26.2 Å². The molecule has 2 N–H and O–H groups in total. The van der Waals surface area contributed by atoms with E-state index in [1.807, 2.05) is 19.1 Å². The third-order valence-electron chi connectivity index (χ3n) is 3.73. The molecule has 1 fully saturated rings. The quantitative estimate of drug-likeness (QED) is 0.867. The summed E-state index contributed by atoms with van der Waals surface area (Å²) in [5.74, 6) is 0.602. The van der Waals surface area contributed by atoms with E-state index >= 15 is 0 Å². The summed E-state index contributed by atoms with van der Waals surface area (Å²) < 4.78 is 5.64. The summed E-state index contributed by atoms with van der Waals surface area (Å²) in [5, 5.41) is 8.97. The SMILES string of the molecule is C[C@@H]1CN(CCOc2ccccc2C#N)C[C@H]1C(N)=O. The number of carbonyl (C=O) groups excluding carboxylic acids is 1. The van der Waals surface area contributed by atoms with Crippen molar-refractivity contribution in [2.45, 2.75) is 6.92 Å². The van der Waals surface area contributed by atoms with Crippen LogP contribution in [-0.4, -0.2) is 37.0 Å². The second-order valence-electron chi connectivity index (χ2n) is 5.20. The number of carbonyl (C=O) groups is 1. The minimum atomic E-state index is -0.226. The summed E-state index contributed by atoms with van der Waals surface area (Å²) >= 11 is 0. The van der Waals surface area contributed by atoms with Crippen LogP contribution in [0, 0.1) is 23.2 Å². The van der Waals surface area contributed by atoms with Gasteiger partial charge < -0.3 is 10.5 Å². The fourth-order valence-corrected chi connectivity index (χ4v) is 2.59. The fraction of sp³-hybridized carbons (Fsp3) is 0.467. The van der Waals surface area contributed by atoms with Crippen molar-refractivity contribution in [1.82, 2.24) is 4.90 Å². The van der Waals surface area contributed by atoms with Crippen LogP contribution in [0.15, 0.2) is 24.3 Å². The number of hydrogen-bond donors (Lipinski definition) is 1. The van der Waals surface area contributed by atoms with E-state index in [0.717, 1.165) is 13.1 Å². The molecule has 5 heteroatoms. The molecule has 1 aromatic carbocycles. The zero-order valence-corrected chi connectivity index (χ0v) is 11.6. The van der Waals surface area contributed by atoms with Crippen LogP contribution in [0.5, 0.6) is 5.75 Å². The van der Waals surface area contributed by atoms with E-state index in [-0.39, 0.29) is 11.8 Å². The van der Waals surface area contributed by atoms with Crippen LogP contribution in [-0.2, 0) is 4.79 Å². The summed E-state index contributed by atoms with van der Waals surface area (Å²) in [6.07, 6.45) is 0. The number of benzene rings is 1. The smallest absolute Gasteiger partial charge is 0.222 e. The van der Waals surface area contributed by atoms with E-state index in [1.165, 1.54) is 0 Å². The van der Waals surface area contributed by atoms with Gasteiger partial charge in [-0.3, -0.25) is 9.69 Å². The van der Waals surface area contributed by atoms with Gasteiger partial charge in [-0.15, -0.1) is 0 Å². The number of para-hydroxylation sites is 1. The number of nitriles is 1. The van der Waals surface area contributed by atoms with Crippen LogP contribution in [0.1, 0.15) is 12.5 Å². The third-order valence-corrected chi connectivity index (χ3v) is 3.73. The summed E-state index contributed by atoms with van der Waals surface area (Å²) in [7, 11) is 0. The van der Waals surface area contributed by atoms with Gasteiger partial charge in [0.1, 0.15) is 18.4 Å². The van der Waals surface area contributed by atoms with Gasteiger partial charge in [0, 0.05) is 19.6 Å². The molecule has 0 radical (unpaired) electrons. The van der Waals surface area contributed by atoms with Crippen molar-refractivity contribution in [3.05, 3.63) is 29.8 Å². The number of amides is 1. The standard InChI is InChI=1S/C15H19N3O2/c1-11-9-18(10-13(11)15(17)19)6-7-20-14-5-3-2-4-12(14)8-16/h2-5,11,13H,6-7,9-10H2,1H3,(H2,17,19)/t11-,13-/m1/s1. The molecule has 1 aliphatic rings. The predicted molar refractivity (Wildman–Crippen MR) is 74.9 cm³/mol. The van der Waals surface area contributed by atoms with Crippen molar-refractivity contribution in [1.29, 1.82) is 5.26 Å². The Kier molecular flexibility index (Phi) is 4.59. The Hall–Kier alpha value is -2.06. The number of hydrogen-bond acceptors (Lipinski definition) is 4. The van der Waals surface area contributed by atoms with Crippen LogP contribution in [0.4, 0.5) is 0 Å². The highest BCUT2D eigenvalue weighted by Crippen LogP contribution is 2.22. The van der Waals surface area contributed by atoms with Gasteiger partial charge in [-0.05, 0) is 18.1 Å². The van der Waals surface area contributed by atoms with Crippen LogP contribution >= 0.6 is 0 Å². The number of nitrogens with two attached hydrogens (primary N) is 1. The summed E-state index contributed by atoms with van der Waals surface area (Å²) in [4.78, 5) is 13.4. The molecule has 20 heavy (non-hydrogen) atoms. The molecule has 0 aromatic heterocycles. The minimum absolute atomic E-state index is 0.0682. The molecule has 0 unspecified atom stereocenters. The lowest BCUT2D eigenvalue weighted by Gasteiger charge is -2.16. The monoisotopic (exact) mass is 273 g/mol. The molecular weight excluding hydrogens is 254 g/mol. The summed E-state index contributed by atoms with van der Waals surface area (Å²) in [6, 6.07) is 9.28. The van der Waals surface area contributed by atoms with E-state index in [4.69, 9.17) is 15.7 Å². The maximum atomic E-state index is 11.3. The number of primary amides is 1. The highest BCUT2D eigenvalue weighted by atomic mass is 16.5. The highest BCUT2D eigenvalue weighted by molar-refractivity contribution is 5.77. The molecule has 106 valence electrons. The first kappa shape index (κ1) is 14.4. The fourth-order valence-electron chi connectivity index (χ4n) is 2.59. The lowest BCUT2D eigenvalue weighted by atomic mass is 9.98. The van der Waals surface area contributed by atoms with E-state index in [1.54, 1.807) is 12.1 Å². The van der Waals surface area contributed by atoms with Gasteiger partial charge in [0.15, 0.2) is 0 Å². The molecule has 1 amide bonds. The first-order valence-electron chi connectivity index (χ1n) is 6.75. The Balaban J connectivity index is 1.83. The first-order chi connectivity index (χ1) is 9.61. The van der Waals surface area contributed by atoms with Crippen molar-refractivity contribution in [3.8, 4) is 11.8 Å². The maximum Gasteiger partial charge on any atom is 0.222 e. The number of likely N-dealkylation sites (tertiary alicyclic amines) is 1. The summed E-state index contributed by atoms with van der Waals surface area (Å²) in [6.45, 7) is 4.82. The molecule has 1 saturated heterocycles. The first-order valence-corrected chi connectivity index (χ1v) is 6.75. The molecule has 1 aromatic rings. The molecule has 1 heterocycles. The number of rotatable bonds is 5. The second-order valence-corrected chi connectivity index (χ2v) is 5.20. The van der Waals surface area contributed by atoms with E-state index in [9.17, 15) is 4.79 Å². The molecular formula is C15H19N3O2. The van der Waals surface area contributed by atoms with Gasteiger partial charge in [-0.1, -0.05) is 19.1 Å². The molecule has 5 nitrogen and oxygen atoms in total. The topological polar surface area (TPSA) is 79.3 Å². The van der Waals surface area contributed by atoms with Crippen molar-refractivity contribution >= 4 is 5.91 Å². The lowest BCUT2D eigenvalue weighted by molar-refractivity contribution is -0.122. The highest BCUT2D eigenvalue weighted by Gasteiger charge is 2.32. The van der Waals surface area contributed by atoms with Gasteiger partial charge in [-0.25, -0.2) is 0 Å². The second kappa shape index (κ2) is 6.40. The van der Waals surface area contributed by atoms with Crippen molar-refractivity contribution < 1.29 is 9.53 Å². The molecule has 0 aliphatic carbocycles. The molecule has 0 saturated carbocycles. The molecule has 2 rings (SSSR count). The zero-order valence-electron chi connectivity index (χ0n) is 11.6. The largest absolute Gasteiger partial charge is 0.491 e. The van der Waals surface area contributed by atoms with Crippen molar-refractivity contribution in [3.63, 3.8) is 0 Å². The molecule has 0 spiro atoms. The van der Waals surface area contributed by atoms with Crippen LogP contribution in [0.3, 0.4) is 0 Å². The van der Waals surface area contributed by atoms with E-state index < -0.39 is 0 Å². The van der Waals surface area contributed by atoms with Gasteiger partial charge in [0.05, 0.1) is 11.5 Å². The van der Waals surface area contributed by atoms with Crippen LogP contribution in [0.25, 0.3) is 0 Å². The van der Waals surface area contributed by atoms with Crippen LogP contribution in [0.2, 0.25) is 0 Å². The average molecular weight is 273 g/mol. The molecule has 0 bridgehead atoms. The third kappa shape index (κ3) is 3.28. The minimum Gasteiger partial charge on any atom is -0.491 e. The Labute approximate surface area is 118 Å². The Morgan fingerprint density at radius 3 is 2.90 bits per heavy atom. The normalized spacial score (nSPS) is 22.4. The summed E-state index contributed by atoms with van der Waals surface area (Å²) in [5.41, 5.74) is 5.91. The van der Waals surface area contributed by atoms with Crippen LogP contribution < -0.4 is 10.5 Å². The number of ether oxygens (including phenoxy) is 1. The van der Waals surface area contributed by atoms with Gasteiger partial charge in [-0.2, -0.15) is 5.26 Å². The van der Waals surface area contributed by atoms with E-state index in [2.05, 4.69) is 11.0 Å². The zero-order chi connectivity index (χ0) is 14.5. The average Bonchev–Trinajstić information content (AvgIpc) is 2.80.